The smallest absolute Gasteiger partial charge is 0.224 e. The molecule has 0 atom stereocenters. The number of nitrogens with one attached hydrogen (secondary N) is 1. The second-order valence-electron chi connectivity index (χ2n) is 3.70. The van der Waals surface area contributed by atoms with E-state index in [-0.39, 0.29) is 25.5 Å². The Morgan fingerprint density at radius 2 is 2.33 bits per heavy atom. The van der Waals surface area contributed by atoms with Gasteiger partial charge in [-0.3, -0.25) is 4.79 Å². The van der Waals surface area contributed by atoms with Gasteiger partial charge in [-0.15, -0.1) is 0 Å². The molecule has 0 radical (unpaired) electrons. The Bertz CT molecular complexity index is 426. The van der Waals surface area contributed by atoms with Crippen LogP contribution in [-0.4, -0.2) is 30.8 Å². The monoisotopic (exact) mass is 248 g/mol. The SMILES string of the molecule is N#CCOc1cccc(CC(=O)NCCCO)c1. The van der Waals surface area contributed by atoms with Crippen LogP contribution in [0.25, 0.3) is 0 Å². The van der Waals surface area contributed by atoms with Crippen LogP contribution in [0, 0.1) is 11.3 Å². The third-order valence-electron chi connectivity index (χ3n) is 2.22. The Morgan fingerprint density at radius 3 is 3.06 bits per heavy atom. The standard InChI is InChI=1S/C13H16N2O3/c14-5-8-18-12-4-1-3-11(9-12)10-13(17)15-6-2-7-16/h1,3-4,9,16H,2,6-8,10H2,(H,15,17). The zero-order chi connectivity index (χ0) is 13.2. The van der Waals surface area contributed by atoms with Crippen molar-refractivity contribution in [1.29, 1.82) is 5.26 Å². The van der Waals surface area contributed by atoms with Gasteiger partial charge in [0.25, 0.3) is 0 Å². The van der Waals surface area contributed by atoms with Crippen molar-refractivity contribution in [3.05, 3.63) is 29.8 Å². The number of carbonyl (C=O) groups excluding carboxylic acids is 1. The second-order valence-corrected chi connectivity index (χ2v) is 3.70. The van der Waals surface area contributed by atoms with Crippen LogP contribution in [-0.2, 0) is 11.2 Å². The van der Waals surface area contributed by atoms with E-state index in [9.17, 15) is 4.79 Å². The first-order valence-corrected chi connectivity index (χ1v) is 5.72. The van der Waals surface area contributed by atoms with Gasteiger partial charge >= 0.3 is 0 Å². The number of hydrogen-bond donors (Lipinski definition) is 2. The number of nitriles is 1. The van der Waals surface area contributed by atoms with E-state index in [1.54, 1.807) is 18.2 Å². The average Bonchev–Trinajstić information content (AvgIpc) is 2.37. The first-order chi connectivity index (χ1) is 8.76. The molecule has 1 rings (SSSR count). The summed E-state index contributed by atoms with van der Waals surface area (Å²) in [5.41, 5.74) is 0.826. The van der Waals surface area contributed by atoms with Crippen LogP contribution in [0.3, 0.4) is 0 Å². The van der Waals surface area contributed by atoms with Gasteiger partial charge in [0.2, 0.25) is 5.91 Å². The lowest BCUT2D eigenvalue weighted by atomic mass is 10.1. The Labute approximate surface area is 106 Å². The van der Waals surface area contributed by atoms with Crippen molar-refractivity contribution in [3.8, 4) is 11.8 Å². The molecule has 0 aliphatic carbocycles. The maximum absolute atomic E-state index is 11.5. The van der Waals surface area contributed by atoms with Gasteiger partial charge in [0.15, 0.2) is 6.61 Å². The van der Waals surface area contributed by atoms with Crippen LogP contribution >= 0.6 is 0 Å². The van der Waals surface area contributed by atoms with E-state index in [0.29, 0.717) is 18.7 Å². The minimum atomic E-state index is -0.0964. The van der Waals surface area contributed by atoms with Crippen LogP contribution in [0.5, 0.6) is 5.75 Å². The van der Waals surface area contributed by atoms with E-state index >= 15 is 0 Å². The van der Waals surface area contributed by atoms with Crippen molar-refractivity contribution in [1.82, 2.24) is 5.32 Å². The first-order valence-electron chi connectivity index (χ1n) is 5.72. The summed E-state index contributed by atoms with van der Waals surface area (Å²) in [5.74, 6) is 0.484. The third kappa shape index (κ3) is 5.32. The normalized spacial score (nSPS) is 9.56. The number of benzene rings is 1. The lowest BCUT2D eigenvalue weighted by Gasteiger charge is -2.06. The molecule has 2 N–H and O–H groups in total. The molecule has 0 heterocycles. The summed E-state index contributed by atoms with van der Waals surface area (Å²) in [4.78, 5) is 11.5. The molecule has 0 fully saturated rings. The van der Waals surface area contributed by atoms with Crippen molar-refractivity contribution in [3.63, 3.8) is 0 Å². The molecule has 0 aromatic heterocycles. The average molecular weight is 248 g/mol. The van der Waals surface area contributed by atoms with Gasteiger partial charge < -0.3 is 15.2 Å². The largest absolute Gasteiger partial charge is 0.479 e. The number of aliphatic hydroxyl groups is 1. The molecule has 0 bridgehead atoms. The minimum Gasteiger partial charge on any atom is -0.479 e. The number of aliphatic hydroxyl groups excluding tert-OH is 1. The van der Waals surface area contributed by atoms with Gasteiger partial charge in [-0.25, -0.2) is 0 Å². The predicted molar refractivity (Wildman–Crippen MR) is 66.0 cm³/mol. The maximum Gasteiger partial charge on any atom is 0.224 e. The van der Waals surface area contributed by atoms with Crippen LogP contribution in [0.2, 0.25) is 0 Å². The quantitative estimate of drug-likeness (QED) is 0.693. The van der Waals surface area contributed by atoms with Crippen LogP contribution in [0.1, 0.15) is 12.0 Å². The van der Waals surface area contributed by atoms with Gasteiger partial charge in [-0.1, -0.05) is 12.1 Å². The lowest BCUT2D eigenvalue weighted by Crippen LogP contribution is -2.26. The molecule has 96 valence electrons. The van der Waals surface area contributed by atoms with E-state index in [1.165, 1.54) is 0 Å². The number of rotatable bonds is 7. The van der Waals surface area contributed by atoms with Gasteiger partial charge in [0, 0.05) is 13.2 Å². The number of carbonyl (C=O) groups is 1. The van der Waals surface area contributed by atoms with Gasteiger partial charge in [0.1, 0.15) is 11.8 Å². The molecular weight excluding hydrogens is 232 g/mol. The van der Waals surface area contributed by atoms with E-state index in [1.807, 2.05) is 12.1 Å². The first kappa shape index (κ1) is 14.0. The number of hydrogen-bond acceptors (Lipinski definition) is 4. The molecular formula is C13H16N2O3. The van der Waals surface area contributed by atoms with Crippen LogP contribution in [0.15, 0.2) is 24.3 Å². The lowest BCUT2D eigenvalue weighted by molar-refractivity contribution is -0.120. The molecule has 1 amide bonds. The molecule has 0 saturated heterocycles. The zero-order valence-corrected chi connectivity index (χ0v) is 10.1. The van der Waals surface area contributed by atoms with Gasteiger partial charge in [0.05, 0.1) is 6.42 Å². The molecule has 0 aliphatic heterocycles. The fourth-order valence-corrected chi connectivity index (χ4v) is 1.42. The van der Waals surface area contributed by atoms with Crippen molar-refractivity contribution in [2.75, 3.05) is 19.8 Å². The minimum absolute atomic E-state index is 0.00779. The van der Waals surface area contributed by atoms with E-state index in [0.717, 1.165) is 5.56 Å². The Balaban J connectivity index is 2.46. The fourth-order valence-electron chi connectivity index (χ4n) is 1.42. The summed E-state index contributed by atoms with van der Waals surface area (Å²) in [5, 5.41) is 19.7. The number of nitrogens with zero attached hydrogens (tertiary/aromatic N) is 1. The van der Waals surface area contributed by atoms with Crippen molar-refractivity contribution in [2.45, 2.75) is 12.8 Å². The summed E-state index contributed by atoms with van der Waals surface area (Å²) >= 11 is 0. The van der Waals surface area contributed by atoms with Gasteiger partial charge in [-0.2, -0.15) is 5.26 Å². The molecule has 1 aromatic rings. The number of ether oxygens (including phenoxy) is 1. The molecule has 0 aliphatic rings. The molecule has 1 aromatic carbocycles. The van der Waals surface area contributed by atoms with Crippen molar-refractivity contribution < 1.29 is 14.6 Å². The van der Waals surface area contributed by atoms with Crippen molar-refractivity contribution >= 4 is 5.91 Å². The van der Waals surface area contributed by atoms with E-state index in [4.69, 9.17) is 15.1 Å². The Morgan fingerprint density at radius 1 is 1.50 bits per heavy atom. The zero-order valence-electron chi connectivity index (χ0n) is 10.1. The molecule has 5 nitrogen and oxygen atoms in total. The predicted octanol–water partition coefficient (Wildman–Crippen LogP) is 0.630. The Kier molecular flexibility index (Phi) is 6.30. The second kappa shape index (κ2) is 8.09. The highest BCUT2D eigenvalue weighted by Gasteiger charge is 2.03. The Hall–Kier alpha value is -2.06. The van der Waals surface area contributed by atoms with Crippen molar-refractivity contribution in [2.24, 2.45) is 0 Å². The van der Waals surface area contributed by atoms with Crippen LogP contribution in [0.4, 0.5) is 0 Å². The molecule has 0 unspecified atom stereocenters. The van der Waals surface area contributed by atoms with Crippen LogP contribution < -0.4 is 10.1 Å². The summed E-state index contributed by atoms with van der Waals surface area (Å²) < 4.78 is 5.15. The molecule has 18 heavy (non-hydrogen) atoms. The highest BCUT2D eigenvalue weighted by atomic mass is 16.5. The summed E-state index contributed by atoms with van der Waals surface area (Å²) in [6, 6.07) is 8.97. The number of amides is 1. The fraction of sp³-hybridized carbons (Fsp3) is 0.385. The summed E-state index contributed by atoms with van der Waals surface area (Å²) in [6.07, 6.45) is 0.812. The maximum atomic E-state index is 11.5. The van der Waals surface area contributed by atoms with E-state index in [2.05, 4.69) is 5.32 Å². The summed E-state index contributed by atoms with van der Waals surface area (Å²) in [6.45, 7) is 0.532. The molecule has 0 spiro atoms. The highest BCUT2D eigenvalue weighted by molar-refractivity contribution is 5.78. The third-order valence-corrected chi connectivity index (χ3v) is 2.22. The molecule has 5 heteroatoms. The summed E-state index contributed by atoms with van der Waals surface area (Å²) in [7, 11) is 0. The van der Waals surface area contributed by atoms with Gasteiger partial charge in [-0.05, 0) is 24.1 Å². The topological polar surface area (TPSA) is 82.3 Å². The van der Waals surface area contributed by atoms with E-state index < -0.39 is 0 Å². The highest BCUT2D eigenvalue weighted by Crippen LogP contribution is 2.13. The molecule has 0 saturated carbocycles.